The van der Waals surface area contributed by atoms with Crippen LogP contribution in [0.1, 0.15) is 77.9 Å². The number of aryl methyl sites for hydroxylation is 3. The van der Waals surface area contributed by atoms with Crippen LogP contribution < -0.4 is 0 Å². The van der Waals surface area contributed by atoms with Gasteiger partial charge in [0.25, 0.3) is 0 Å². The average Bonchev–Trinajstić information content (AvgIpc) is 3.52. The fourth-order valence-electron chi connectivity index (χ4n) is 6.03. The van der Waals surface area contributed by atoms with E-state index in [1.165, 1.54) is 21.7 Å². The van der Waals surface area contributed by atoms with Gasteiger partial charge >= 0.3 is 12.1 Å². The van der Waals surface area contributed by atoms with E-state index in [4.69, 9.17) is 4.98 Å². The first kappa shape index (κ1) is 33.0. The van der Waals surface area contributed by atoms with Crippen LogP contribution in [0.25, 0.3) is 11.0 Å². The summed E-state index contributed by atoms with van der Waals surface area (Å²) in [5.41, 5.74) is 1.46. The number of carbonyl (C=O) groups is 1. The van der Waals surface area contributed by atoms with Gasteiger partial charge < -0.3 is 5.11 Å². The van der Waals surface area contributed by atoms with Crippen LogP contribution in [0, 0.1) is 25.2 Å². The van der Waals surface area contributed by atoms with Crippen molar-refractivity contribution in [3.05, 3.63) is 68.2 Å². The Morgan fingerprint density at radius 3 is 2.49 bits per heavy atom. The lowest BCUT2D eigenvalue weighted by atomic mass is 9.74. The first-order valence-electron chi connectivity index (χ1n) is 14.7. The second kappa shape index (κ2) is 11.8. The predicted molar refractivity (Wildman–Crippen MR) is 165 cm³/mol. The molecule has 0 saturated carbocycles. The van der Waals surface area contributed by atoms with Crippen molar-refractivity contribution in [2.24, 2.45) is 11.3 Å². The largest absolute Gasteiger partial charge is 0.481 e. The van der Waals surface area contributed by atoms with Gasteiger partial charge in [0, 0.05) is 18.0 Å². The summed E-state index contributed by atoms with van der Waals surface area (Å²) in [5, 5.41) is 19.4. The minimum Gasteiger partial charge on any atom is -0.481 e. The molecule has 0 aliphatic carbocycles. The molecule has 0 saturated heterocycles. The lowest BCUT2D eigenvalue weighted by Crippen LogP contribution is -2.34. The molecule has 9 nitrogen and oxygen atoms in total. The van der Waals surface area contributed by atoms with E-state index in [-0.39, 0.29) is 23.9 Å². The van der Waals surface area contributed by atoms with Crippen molar-refractivity contribution in [1.82, 2.24) is 24.3 Å². The number of aliphatic carboxylic acids is 1. The standard InChI is InChI=1S/C31H36F3N5O4S2/c1-7-19-13-20-9-10-21(31(32,33)34)14-25(20)45(42,43)38(15-19)16-23-18(4)44-28(35-23)26(30(5,6)29(40)41)22-11-12-24-27(17(22)3)36-37-39(24)8-2/h9-12,14,19,26H,7-8,13,15-16H2,1-6H3,(H,40,41)/t19-,26?/m0/s1. The maximum atomic E-state index is 13.9. The van der Waals surface area contributed by atoms with E-state index in [1.54, 1.807) is 25.5 Å². The summed E-state index contributed by atoms with van der Waals surface area (Å²) in [6, 6.07) is 6.67. The molecule has 242 valence electrons. The second-order valence-electron chi connectivity index (χ2n) is 12.2. The fraction of sp³-hybridized carbons (Fsp3) is 0.484. The number of aromatic nitrogens is 4. The Morgan fingerprint density at radius 1 is 1.16 bits per heavy atom. The van der Waals surface area contributed by atoms with Gasteiger partial charge in [-0.25, -0.2) is 18.1 Å². The summed E-state index contributed by atoms with van der Waals surface area (Å²) in [5.74, 6) is -1.85. The third kappa shape index (κ3) is 5.87. The Balaban J connectivity index is 1.59. The number of fused-ring (bicyclic) bond motifs is 2. The first-order valence-corrected chi connectivity index (χ1v) is 17.0. The van der Waals surface area contributed by atoms with Crippen LogP contribution in [0.15, 0.2) is 35.2 Å². The van der Waals surface area contributed by atoms with Crippen LogP contribution >= 0.6 is 11.3 Å². The van der Waals surface area contributed by atoms with Gasteiger partial charge in [0.05, 0.1) is 39.5 Å². The molecule has 2 aromatic carbocycles. The minimum absolute atomic E-state index is 0.110. The molecule has 1 aliphatic heterocycles. The number of carboxylic acids is 1. The monoisotopic (exact) mass is 663 g/mol. The van der Waals surface area contributed by atoms with Crippen molar-refractivity contribution in [3.63, 3.8) is 0 Å². The Labute approximate surface area is 264 Å². The zero-order valence-electron chi connectivity index (χ0n) is 25.9. The maximum Gasteiger partial charge on any atom is 0.416 e. The van der Waals surface area contributed by atoms with Gasteiger partial charge in [-0.05, 0) is 81.8 Å². The summed E-state index contributed by atoms with van der Waals surface area (Å²) >= 11 is 1.29. The number of rotatable bonds is 8. The number of sulfonamides is 1. The Morgan fingerprint density at radius 2 is 1.87 bits per heavy atom. The quantitative estimate of drug-likeness (QED) is 0.227. The second-order valence-corrected chi connectivity index (χ2v) is 15.3. The molecule has 2 atom stereocenters. The van der Waals surface area contributed by atoms with E-state index in [0.29, 0.717) is 46.0 Å². The van der Waals surface area contributed by atoms with Gasteiger partial charge in [0.15, 0.2) is 0 Å². The zero-order valence-corrected chi connectivity index (χ0v) is 27.6. The van der Waals surface area contributed by atoms with Crippen LogP contribution in [0.3, 0.4) is 0 Å². The topological polar surface area (TPSA) is 118 Å². The van der Waals surface area contributed by atoms with Gasteiger partial charge in [-0.2, -0.15) is 17.5 Å². The molecule has 3 heterocycles. The highest BCUT2D eigenvalue weighted by molar-refractivity contribution is 7.89. The van der Waals surface area contributed by atoms with Crippen molar-refractivity contribution in [1.29, 1.82) is 0 Å². The summed E-state index contributed by atoms with van der Waals surface area (Å²) in [4.78, 5) is 17.8. The van der Waals surface area contributed by atoms with Crippen LogP contribution in [0.5, 0.6) is 0 Å². The molecule has 0 fully saturated rings. The Kier molecular flexibility index (Phi) is 8.64. The molecule has 0 radical (unpaired) electrons. The molecule has 1 unspecified atom stereocenters. The Hall–Kier alpha value is -3.36. The molecule has 2 aromatic heterocycles. The van der Waals surface area contributed by atoms with Crippen molar-refractivity contribution in [2.75, 3.05) is 6.54 Å². The smallest absolute Gasteiger partial charge is 0.416 e. The van der Waals surface area contributed by atoms with E-state index in [0.717, 1.165) is 28.8 Å². The van der Waals surface area contributed by atoms with Crippen LogP contribution in [-0.4, -0.2) is 50.3 Å². The van der Waals surface area contributed by atoms with Crippen molar-refractivity contribution in [2.45, 2.75) is 84.5 Å². The van der Waals surface area contributed by atoms with E-state index >= 15 is 0 Å². The number of halogens is 3. The number of carboxylic acid groups (broad SMARTS) is 1. The van der Waals surface area contributed by atoms with Crippen molar-refractivity contribution < 1.29 is 31.5 Å². The highest BCUT2D eigenvalue weighted by Gasteiger charge is 2.43. The lowest BCUT2D eigenvalue weighted by molar-refractivity contribution is -0.147. The highest BCUT2D eigenvalue weighted by atomic mass is 32.2. The molecule has 0 spiro atoms. The molecule has 14 heteroatoms. The molecule has 1 aliphatic rings. The van der Waals surface area contributed by atoms with Crippen LogP contribution in [0.4, 0.5) is 13.2 Å². The maximum absolute atomic E-state index is 13.9. The molecule has 45 heavy (non-hydrogen) atoms. The summed E-state index contributed by atoms with van der Waals surface area (Å²) in [6.07, 6.45) is -3.72. The third-order valence-corrected chi connectivity index (χ3v) is 11.9. The van der Waals surface area contributed by atoms with Crippen molar-refractivity contribution >= 4 is 38.4 Å². The lowest BCUT2D eigenvalue weighted by Gasteiger charge is -2.30. The third-order valence-electron chi connectivity index (χ3n) is 8.91. The predicted octanol–water partition coefficient (Wildman–Crippen LogP) is 6.56. The molecule has 4 aromatic rings. The molecular weight excluding hydrogens is 628 g/mol. The van der Waals surface area contributed by atoms with Gasteiger partial charge in [-0.3, -0.25) is 4.79 Å². The van der Waals surface area contributed by atoms with E-state index in [1.807, 2.05) is 32.9 Å². The normalized spacial score (nSPS) is 18.1. The molecular formula is C31H36F3N5O4S2. The molecule has 5 rings (SSSR count). The summed E-state index contributed by atoms with van der Waals surface area (Å²) in [7, 11) is -4.31. The molecule has 0 bridgehead atoms. The SMILES string of the molecule is CC[C@H]1Cc2ccc(C(F)(F)F)cc2S(=O)(=O)N(Cc2nc(C(c3ccc4c(nnn4CC)c3C)C(C)(C)C(=O)O)sc2C)C1. The van der Waals surface area contributed by atoms with E-state index < -0.39 is 39.1 Å². The summed E-state index contributed by atoms with van der Waals surface area (Å²) < 4.78 is 71.6. The van der Waals surface area contributed by atoms with Crippen LogP contribution in [0.2, 0.25) is 0 Å². The van der Waals surface area contributed by atoms with Crippen LogP contribution in [-0.2, 0) is 40.5 Å². The van der Waals surface area contributed by atoms with E-state index in [2.05, 4.69) is 10.3 Å². The molecule has 0 amide bonds. The fourth-order valence-corrected chi connectivity index (χ4v) is 9.01. The number of hydrogen-bond donors (Lipinski definition) is 1. The number of benzene rings is 2. The average molecular weight is 664 g/mol. The van der Waals surface area contributed by atoms with Gasteiger partial charge in [0.2, 0.25) is 10.0 Å². The number of hydrogen-bond acceptors (Lipinski definition) is 7. The minimum atomic E-state index is -4.69. The number of nitrogens with zero attached hydrogens (tertiary/aromatic N) is 5. The zero-order chi connectivity index (χ0) is 33.1. The summed E-state index contributed by atoms with van der Waals surface area (Å²) in [6.45, 7) is 11.4. The first-order chi connectivity index (χ1) is 21.0. The van der Waals surface area contributed by atoms with E-state index in [9.17, 15) is 31.5 Å². The Bertz CT molecular complexity index is 1880. The van der Waals surface area contributed by atoms with Gasteiger partial charge in [-0.15, -0.1) is 16.4 Å². The molecule has 1 N–H and O–H groups in total. The number of alkyl halides is 3. The highest BCUT2D eigenvalue weighted by Crippen LogP contribution is 2.46. The van der Waals surface area contributed by atoms with Gasteiger partial charge in [0.1, 0.15) is 10.5 Å². The van der Waals surface area contributed by atoms with Crippen molar-refractivity contribution in [3.8, 4) is 0 Å². The van der Waals surface area contributed by atoms with Gasteiger partial charge in [-0.1, -0.05) is 30.7 Å². The number of thiazole rings is 1.